The van der Waals surface area contributed by atoms with E-state index in [9.17, 15) is 0 Å². The van der Waals surface area contributed by atoms with Crippen LogP contribution in [0.2, 0.25) is 0 Å². The molecule has 0 radical (unpaired) electrons. The SMILES string of the molecule is CCCCCCCCCCCCOCC(Cn1ccnc1)OCCCC. The molecule has 0 aliphatic carbocycles. The van der Waals surface area contributed by atoms with E-state index in [1.807, 2.05) is 18.7 Å². The highest BCUT2D eigenvalue weighted by molar-refractivity contribution is 4.76. The topological polar surface area (TPSA) is 36.3 Å². The Kier molecular flexibility index (Phi) is 15.6. The van der Waals surface area contributed by atoms with Crippen LogP contribution in [0.4, 0.5) is 0 Å². The molecule has 4 nitrogen and oxygen atoms in total. The second kappa shape index (κ2) is 17.5. The molecule has 0 saturated carbocycles. The molecule has 1 heterocycles. The van der Waals surface area contributed by atoms with Crippen molar-refractivity contribution in [3.05, 3.63) is 18.7 Å². The molecule has 0 aliphatic rings. The lowest BCUT2D eigenvalue weighted by Crippen LogP contribution is -2.26. The van der Waals surface area contributed by atoms with Crippen molar-refractivity contribution in [1.29, 1.82) is 0 Å². The summed E-state index contributed by atoms with van der Waals surface area (Å²) in [6, 6.07) is 0. The summed E-state index contributed by atoms with van der Waals surface area (Å²) >= 11 is 0. The summed E-state index contributed by atoms with van der Waals surface area (Å²) in [5, 5.41) is 0. The molecule has 0 aromatic carbocycles. The fraction of sp³-hybridized carbons (Fsp3) is 0.864. The van der Waals surface area contributed by atoms with Crippen LogP contribution in [0.3, 0.4) is 0 Å². The fourth-order valence-corrected chi connectivity index (χ4v) is 3.08. The summed E-state index contributed by atoms with van der Waals surface area (Å²) in [5.41, 5.74) is 0. The van der Waals surface area contributed by atoms with Crippen LogP contribution in [0.1, 0.15) is 90.9 Å². The van der Waals surface area contributed by atoms with Crippen molar-refractivity contribution in [1.82, 2.24) is 9.55 Å². The van der Waals surface area contributed by atoms with Crippen LogP contribution >= 0.6 is 0 Å². The quantitative estimate of drug-likeness (QED) is 0.281. The lowest BCUT2D eigenvalue weighted by molar-refractivity contribution is -0.0262. The molecular formula is C22H42N2O2. The molecule has 1 aromatic rings. The Morgan fingerprint density at radius 2 is 1.46 bits per heavy atom. The van der Waals surface area contributed by atoms with Gasteiger partial charge in [-0.1, -0.05) is 78.1 Å². The van der Waals surface area contributed by atoms with Gasteiger partial charge in [0, 0.05) is 25.6 Å². The Balaban J connectivity index is 1.98. The van der Waals surface area contributed by atoms with Gasteiger partial charge >= 0.3 is 0 Å². The van der Waals surface area contributed by atoms with Crippen LogP contribution in [0, 0.1) is 0 Å². The molecule has 152 valence electrons. The van der Waals surface area contributed by atoms with Crippen LogP contribution < -0.4 is 0 Å². The number of hydrogen-bond acceptors (Lipinski definition) is 3. The van der Waals surface area contributed by atoms with E-state index in [1.165, 1.54) is 64.2 Å². The molecule has 0 fully saturated rings. The van der Waals surface area contributed by atoms with Gasteiger partial charge in [-0.2, -0.15) is 0 Å². The molecule has 26 heavy (non-hydrogen) atoms. The summed E-state index contributed by atoms with van der Waals surface area (Å²) in [5.74, 6) is 0. The normalized spacial score (nSPS) is 12.5. The third-order valence-corrected chi connectivity index (χ3v) is 4.77. The van der Waals surface area contributed by atoms with Gasteiger partial charge in [0.1, 0.15) is 0 Å². The molecule has 0 spiro atoms. The van der Waals surface area contributed by atoms with Crippen molar-refractivity contribution in [3.63, 3.8) is 0 Å². The van der Waals surface area contributed by atoms with Crippen molar-refractivity contribution in [2.45, 2.75) is 104 Å². The number of aromatic nitrogens is 2. The minimum atomic E-state index is 0.124. The van der Waals surface area contributed by atoms with Gasteiger partial charge in [-0.15, -0.1) is 0 Å². The number of hydrogen-bond donors (Lipinski definition) is 0. The van der Waals surface area contributed by atoms with Gasteiger partial charge in [0.2, 0.25) is 0 Å². The molecule has 1 unspecified atom stereocenters. The first-order chi connectivity index (χ1) is 12.9. The second-order valence-electron chi connectivity index (χ2n) is 7.36. The monoisotopic (exact) mass is 366 g/mol. The van der Waals surface area contributed by atoms with E-state index in [-0.39, 0.29) is 6.10 Å². The minimum Gasteiger partial charge on any atom is -0.379 e. The van der Waals surface area contributed by atoms with Crippen molar-refractivity contribution in [3.8, 4) is 0 Å². The number of nitrogens with zero attached hydrogens (tertiary/aromatic N) is 2. The van der Waals surface area contributed by atoms with E-state index < -0.39 is 0 Å². The molecule has 0 saturated heterocycles. The number of ether oxygens (including phenoxy) is 2. The van der Waals surface area contributed by atoms with Gasteiger partial charge < -0.3 is 14.0 Å². The molecule has 0 aliphatic heterocycles. The second-order valence-corrected chi connectivity index (χ2v) is 7.36. The van der Waals surface area contributed by atoms with Crippen molar-refractivity contribution >= 4 is 0 Å². The molecule has 1 rings (SSSR count). The van der Waals surface area contributed by atoms with Crippen molar-refractivity contribution in [2.24, 2.45) is 0 Å². The predicted octanol–water partition coefficient (Wildman–Crippen LogP) is 6.01. The summed E-state index contributed by atoms with van der Waals surface area (Å²) in [6.45, 7) is 7.64. The van der Waals surface area contributed by atoms with E-state index in [4.69, 9.17) is 9.47 Å². The Labute approximate surface area is 161 Å². The maximum absolute atomic E-state index is 5.98. The van der Waals surface area contributed by atoms with Gasteiger partial charge in [-0.3, -0.25) is 0 Å². The van der Waals surface area contributed by atoms with E-state index in [0.29, 0.717) is 6.61 Å². The van der Waals surface area contributed by atoms with Gasteiger partial charge in [-0.25, -0.2) is 4.98 Å². The first-order valence-corrected chi connectivity index (χ1v) is 11.0. The zero-order valence-electron chi connectivity index (χ0n) is 17.3. The molecule has 1 atom stereocenters. The van der Waals surface area contributed by atoms with E-state index in [1.54, 1.807) is 0 Å². The number of unbranched alkanes of at least 4 members (excludes halogenated alkanes) is 10. The first-order valence-electron chi connectivity index (χ1n) is 11.0. The highest BCUT2D eigenvalue weighted by atomic mass is 16.5. The van der Waals surface area contributed by atoms with Gasteiger partial charge in [0.25, 0.3) is 0 Å². The minimum absolute atomic E-state index is 0.124. The summed E-state index contributed by atoms with van der Waals surface area (Å²) in [4.78, 5) is 4.10. The maximum Gasteiger partial charge on any atom is 0.0987 e. The van der Waals surface area contributed by atoms with Crippen molar-refractivity contribution in [2.75, 3.05) is 19.8 Å². The van der Waals surface area contributed by atoms with Gasteiger partial charge in [0.15, 0.2) is 0 Å². The van der Waals surface area contributed by atoms with Crippen LogP contribution in [0.5, 0.6) is 0 Å². The molecule has 0 bridgehead atoms. The lowest BCUT2D eigenvalue weighted by Gasteiger charge is -2.18. The number of rotatable bonds is 19. The van der Waals surface area contributed by atoms with Crippen LogP contribution in [0.25, 0.3) is 0 Å². The molecule has 4 heteroatoms. The van der Waals surface area contributed by atoms with Crippen LogP contribution in [-0.4, -0.2) is 35.5 Å². The zero-order valence-corrected chi connectivity index (χ0v) is 17.3. The van der Waals surface area contributed by atoms with Crippen molar-refractivity contribution < 1.29 is 9.47 Å². The Bertz CT molecular complexity index is 382. The molecule has 0 amide bonds. The Morgan fingerprint density at radius 3 is 2.08 bits per heavy atom. The highest BCUT2D eigenvalue weighted by Gasteiger charge is 2.10. The van der Waals surface area contributed by atoms with E-state index >= 15 is 0 Å². The Hall–Kier alpha value is -0.870. The third kappa shape index (κ3) is 13.3. The van der Waals surface area contributed by atoms with Crippen LogP contribution in [0.15, 0.2) is 18.7 Å². The van der Waals surface area contributed by atoms with E-state index in [2.05, 4.69) is 23.4 Å². The largest absolute Gasteiger partial charge is 0.379 e. The third-order valence-electron chi connectivity index (χ3n) is 4.77. The highest BCUT2D eigenvalue weighted by Crippen LogP contribution is 2.10. The summed E-state index contributed by atoms with van der Waals surface area (Å²) < 4.78 is 13.9. The van der Waals surface area contributed by atoms with Gasteiger partial charge in [-0.05, 0) is 12.8 Å². The smallest absolute Gasteiger partial charge is 0.0987 e. The number of imidazole rings is 1. The van der Waals surface area contributed by atoms with Crippen LogP contribution in [-0.2, 0) is 16.0 Å². The van der Waals surface area contributed by atoms with Gasteiger partial charge in [0.05, 0.1) is 25.6 Å². The first kappa shape index (κ1) is 23.2. The fourth-order valence-electron chi connectivity index (χ4n) is 3.08. The maximum atomic E-state index is 5.98. The Morgan fingerprint density at radius 1 is 0.808 bits per heavy atom. The average Bonchev–Trinajstić information content (AvgIpc) is 3.15. The summed E-state index contributed by atoms with van der Waals surface area (Å²) in [6.07, 6.45) is 21.6. The molecule has 1 aromatic heterocycles. The lowest BCUT2D eigenvalue weighted by atomic mass is 10.1. The van der Waals surface area contributed by atoms with E-state index in [0.717, 1.165) is 32.6 Å². The zero-order chi connectivity index (χ0) is 18.7. The average molecular weight is 367 g/mol. The molecular weight excluding hydrogens is 324 g/mol. The summed E-state index contributed by atoms with van der Waals surface area (Å²) in [7, 11) is 0. The molecule has 0 N–H and O–H groups in total. The predicted molar refractivity (Wildman–Crippen MR) is 110 cm³/mol. The standard InChI is InChI=1S/C22H42N2O2/c1-3-5-7-8-9-10-11-12-13-14-17-25-20-22(26-18-6-4-2)19-24-16-15-23-21-24/h15-16,21-22H,3-14,17-20H2,1-2H3.